The van der Waals surface area contributed by atoms with Crippen LogP contribution in [0.1, 0.15) is 17.7 Å². The zero-order valence-corrected chi connectivity index (χ0v) is 11.8. The molecule has 18 heavy (non-hydrogen) atoms. The van der Waals surface area contributed by atoms with Crippen molar-refractivity contribution in [1.29, 1.82) is 0 Å². The van der Waals surface area contributed by atoms with E-state index < -0.39 is 0 Å². The van der Waals surface area contributed by atoms with E-state index in [0.29, 0.717) is 11.6 Å². The summed E-state index contributed by atoms with van der Waals surface area (Å²) in [6.07, 6.45) is 0. The summed E-state index contributed by atoms with van der Waals surface area (Å²) < 4.78 is 5.66. The van der Waals surface area contributed by atoms with Crippen LogP contribution >= 0.6 is 23.1 Å². The first-order chi connectivity index (χ1) is 8.54. The van der Waals surface area contributed by atoms with E-state index >= 15 is 0 Å². The van der Waals surface area contributed by atoms with E-state index in [0.717, 1.165) is 9.35 Å². The van der Waals surface area contributed by atoms with Crippen LogP contribution in [0.25, 0.3) is 0 Å². The Hall–Kier alpha value is -1.41. The minimum atomic E-state index is -0.269. The minimum absolute atomic E-state index is 0.138. The molecule has 0 aliphatic heterocycles. The molecular formula is C10H12N4O2S2. The second-order valence-electron chi connectivity index (χ2n) is 3.66. The topological polar surface area (TPSA) is 80.9 Å². The number of rotatable bonds is 4. The fourth-order valence-corrected chi connectivity index (χ4v) is 3.14. The van der Waals surface area contributed by atoms with Crippen LogP contribution in [0, 0.1) is 13.8 Å². The van der Waals surface area contributed by atoms with Crippen molar-refractivity contribution in [2.24, 2.45) is 0 Å². The highest BCUT2D eigenvalue weighted by Crippen LogP contribution is 2.26. The molecule has 2 aromatic heterocycles. The molecule has 0 aliphatic rings. The summed E-state index contributed by atoms with van der Waals surface area (Å²) in [6, 6.07) is 1.67. The Bertz CT molecular complexity index is 552. The third kappa shape index (κ3) is 3.30. The van der Waals surface area contributed by atoms with Gasteiger partial charge in [0.2, 0.25) is 5.91 Å². The van der Waals surface area contributed by atoms with E-state index in [-0.39, 0.29) is 11.2 Å². The number of nitrogens with zero attached hydrogens (tertiary/aromatic N) is 3. The lowest BCUT2D eigenvalue weighted by Gasteiger charge is -2.07. The summed E-state index contributed by atoms with van der Waals surface area (Å²) in [6.45, 7) is 5.46. The first-order valence-electron chi connectivity index (χ1n) is 5.25. The molecule has 0 bridgehead atoms. The Morgan fingerprint density at radius 2 is 2.28 bits per heavy atom. The Morgan fingerprint density at radius 3 is 2.83 bits per heavy atom. The molecule has 8 heteroatoms. The van der Waals surface area contributed by atoms with Gasteiger partial charge in [-0.2, -0.15) is 0 Å². The molecule has 0 spiro atoms. The summed E-state index contributed by atoms with van der Waals surface area (Å²) in [7, 11) is 0. The van der Waals surface area contributed by atoms with Gasteiger partial charge in [0.15, 0.2) is 10.2 Å². The van der Waals surface area contributed by atoms with E-state index in [1.165, 1.54) is 23.1 Å². The average molecular weight is 284 g/mol. The van der Waals surface area contributed by atoms with Crippen LogP contribution in [0.15, 0.2) is 14.9 Å². The van der Waals surface area contributed by atoms with Gasteiger partial charge in [-0.1, -0.05) is 28.3 Å². The third-order valence-electron chi connectivity index (χ3n) is 2.03. The molecule has 1 unspecified atom stereocenters. The van der Waals surface area contributed by atoms with Crippen LogP contribution in [-0.4, -0.2) is 26.5 Å². The Balaban J connectivity index is 1.92. The molecule has 1 amide bonds. The maximum atomic E-state index is 11.9. The lowest BCUT2D eigenvalue weighted by molar-refractivity contribution is -0.115. The van der Waals surface area contributed by atoms with Gasteiger partial charge in [-0.15, -0.1) is 10.2 Å². The van der Waals surface area contributed by atoms with Crippen molar-refractivity contribution in [3.63, 3.8) is 0 Å². The molecule has 0 aliphatic carbocycles. The maximum absolute atomic E-state index is 11.9. The predicted molar refractivity (Wildman–Crippen MR) is 69.8 cm³/mol. The fourth-order valence-electron chi connectivity index (χ4n) is 1.18. The molecule has 1 atom stereocenters. The van der Waals surface area contributed by atoms with Crippen LogP contribution < -0.4 is 5.32 Å². The molecule has 2 aromatic rings. The number of thioether (sulfide) groups is 1. The molecule has 0 saturated heterocycles. The number of nitrogens with one attached hydrogen (secondary N) is 1. The van der Waals surface area contributed by atoms with Crippen LogP contribution in [-0.2, 0) is 4.79 Å². The van der Waals surface area contributed by atoms with Crippen LogP contribution in [0.2, 0.25) is 0 Å². The van der Waals surface area contributed by atoms with Gasteiger partial charge in [-0.3, -0.25) is 4.79 Å². The number of hydrogen-bond acceptors (Lipinski definition) is 7. The van der Waals surface area contributed by atoms with Crippen molar-refractivity contribution in [2.45, 2.75) is 30.4 Å². The van der Waals surface area contributed by atoms with Crippen LogP contribution in [0.3, 0.4) is 0 Å². The van der Waals surface area contributed by atoms with Gasteiger partial charge in [0.05, 0.1) is 5.25 Å². The summed E-state index contributed by atoms with van der Waals surface area (Å²) in [5.74, 6) is 0.949. The standard InChI is InChI=1S/C10H12N4O2S2/c1-5-4-8(14-16-5)11-9(15)6(2)17-10-13-12-7(3)18-10/h4,6H,1-3H3,(H,11,14,15). The SMILES string of the molecule is Cc1cc(NC(=O)C(C)Sc2nnc(C)s2)no1. The highest BCUT2D eigenvalue weighted by molar-refractivity contribution is 8.02. The molecule has 0 aromatic carbocycles. The first-order valence-corrected chi connectivity index (χ1v) is 6.95. The van der Waals surface area contributed by atoms with Crippen molar-refractivity contribution in [1.82, 2.24) is 15.4 Å². The molecule has 0 radical (unpaired) electrons. The fraction of sp³-hybridized carbons (Fsp3) is 0.400. The van der Waals surface area contributed by atoms with Gasteiger partial charge in [-0.25, -0.2) is 0 Å². The average Bonchev–Trinajstić information content (AvgIpc) is 2.88. The lowest BCUT2D eigenvalue weighted by atomic mass is 10.4. The third-order valence-corrected chi connectivity index (χ3v) is 4.06. The summed E-state index contributed by atoms with van der Waals surface area (Å²) in [5.41, 5.74) is 0. The maximum Gasteiger partial charge on any atom is 0.238 e. The molecule has 0 fully saturated rings. The van der Waals surface area contributed by atoms with Crippen molar-refractivity contribution in [3.8, 4) is 0 Å². The largest absolute Gasteiger partial charge is 0.360 e. The van der Waals surface area contributed by atoms with Crippen molar-refractivity contribution < 1.29 is 9.32 Å². The second-order valence-corrected chi connectivity index (χ2v) is 6.43. The molecule has 2 heterocycles. The van der Waals surface area contributed by atoms with Gasteiger partial charge in [0, 0.05) is 6.07 Å². The van der Waals surface area contributed by atoms with E-state index in [2.05, 4.69) is 20.7 Å². The van der Waals surface area contributed by atoms with Crippen molar-refractivity contribution in [2.75, 3.05) is 5.32 Å². The summed E-state index contributed by atoms with van der Waals surface area (Å²) >= 11 is 2.84. The molecule has 2 rings (SSSR count). The van der Waals surface area contributed by atoms with Crippen molar-refractivity contribution in [3.05, 3.63) is 16.8 Å². The highest BCUT2D eigenvalue weighted by Gasteiger charge is 2.17. The van der Waals surface area contributed by atoms with Gasteiger partial charge in [-0.05, 0) is 20.8 Å². The zero-order valence-electron chi connectivity index (χ0n) is 10.1. The van der Waals surface area contributed by atoms with Crippen LogP contribution in [0.5, 0.6) is 0 Å². The smallest absolute Gasteiger partial charge is 0.238 e. The van der Waals surface area contributed by atoms with E-state index in [1.807, 2.05) is 13.8 Å². The summed E-state index contributed by atoms with van der Waals surface area (Å²) in [5, 5.41) is 14.9. The molecule has 1 N–H and O–H groups in total. The summed E-state index contributed by atoms with van der Waals surface area (Å²) in [4.78, 5) is 11.9. The normalized spacial score (nSPS) is 12.4. The monoisotopic (exact) mass is 284 g/mol. The van der Waals surface area contributed by atoms with Crippen LogP contribution in [0.4, 0.5) is 5.82 Å². The Morgan fingerprint density at radius 1 is 1.50 bits per heavy atom. The number of amides is 1. The quantitative estimate of drug-likeness (QED) is 0.867. The first kappa shape index (κ1) is 13.0. The number of aryl methyl sites for hydroxylation is 2. The molecule has 0 saturated carbocycles. The zero-order chi connectivity index (χ0) is 13.1. The van der Waals surface area contributed by atoms with Gasteiger partial charge >= 0.3 is 0 Å². The predicted octanol–water partition coefficient (Wildman–Crippen LogP) is 2.26. The van der Waals surface area contributed by atoms with E-state index in [9.17, 15) is 4.79 Å². The Labute approximate surface area is 112 Å². The number of carbonyl (C=O) groups is 1. The highest BCUT2D eigenvalue weighted by atomic mass is 32.2. The second kappa shape index (κ2) is 5.49. The van der Waals surface area contributed by atoms with Crippen molar-refractivity contribution >= 4 is 34.8 Å². The Kier molecular flexibility index (Phi) is 3.97. The molecule has 96 valence electrons. The lowest BCUT2D eigenvalue weighted by Crippen LogP contribution is -2.22. The van der Waals surface area contributed by atoms with Gasteiger partial charge < -0.3 is 9.84 Å². The molecular weight excluding hydrogens is 272 g/mol. The number of carbonyl (C=O) groups excluding carboxylic acids is 1. The van der Waals surface area contributed by atoms with Gasteiger partial charge in [0.1, 0.15) is 10.8 Å². The van der Waals surface area contributed by atoms with Gasteiger partial charge in [0.25, 0.3) is 0 Å². The molecule has 6 nitrogen and oxygen atoms in total. The van der Waals surface area contributed by atoms with E-state index in [4.69, 9.17) is 4.52 Å². The van der Waals surface area contributed by atoms with E-state index in [1.54, 1.807) is 13.0 Å². The number of aromatic nitrogens is 3. The number of anilines is 1. The minimum Gasteiger partial charge on any atom is -0.360 e. The number of hydrogen-bond donors (Lipinski definition) is 1.